The molecule has 6 nitrogen and oxygen atoms in total. The lowest BCUT2D eigenvalue weighted by Gasteiger charge is -2.27. The van der Waals surface area contributed by atoms with Crippen LogP contribution in [0.1, 0.15) is 31.2 Å². The maximum atomic E-state index is 13.4. The smallest absolute Gasteiger partial charge is 0.264 e. The van der Waals surface area contributed by atoms with Crippen molar-refractivity contribution >= 4 is 21.6 Å². The minimum absolute atomic E-state index is 0.163. The molecule has 2 bridgehead atoms. The van der Waals surface area contributed by atoms with E-state index in [2.05, 4.69) is 5.32 Å². The van der Waals surface area contributed by atoms with Crippen molar-refractivity contribution in [1.29, 1.82) is 0 Å². The Labute approximate surface area is 178 Å². The van der Waals surface area contributed by atoms with E-state index in [1.807, 2.05) is 6.92 Å². The number of fused-ring (bicyclic) bond motifs is 2. The molecule has 160 valence electrons. The number of hydrogen-bond donors (Lipinski definition) is 1. The highest BCUT2D eigenvalue weighted by Gasteiger charge is 2.40. The number of amides is 1. The molecular weight excluding hydrogens is 400 g/mol. The van der Waals surface area contributed by atoms with Gasteiger partial charge in [0.1, 0.15) is 12.3 Å². The molecule has 2 saturated carbocycles. The number of hydrogen-bond acceptors (Lipinski definition) is 4. The van der Waals surface area contributed by atoms with E-state index in [4.69, 9.17) is 4.74 Å². The molecule has 2 fully saturated rings. The standard InChI is InChI=1S/C23H28N2O4S/c1-16-3-11-21(12-4-16)30(27,28)25(19-7-9-20(29-2)10-8-19)15-23(26)24-22-14-17-5-6-18(22)13-17/h3-4,7-12,17-18,22H,5-6,13-15H2,1-2H3,(H,24,26)/t17-,18+,22+/m0/s1. The Hall–Kier alpha value is -2.54. The molecule has 2 aromatic rings. The molecule has 30 heavy (non-hydrogen) atoms. The van der Waals surface area contributed by atoms with Gasteiger partial charge in [-0.05, 0) is 74.4 Å². The molecule has 2 aliphatic carbocycles. The number of ether oxygens (including phenoxy) is 1. The van der Waals surface area contributed by atoms with Crippen LogP contribution in [0, 0.1) is 18.8 Å². The molecule has 3 atom stereocenters. The third-order valence-electron chi connectivity index (χ3n) is 6.34. The first-order valence-electron chi connectivity index (χ1n) is 10.4. The number of rotatable bonds is 7. The van der Waals surface area contributed by atoms with Crippen molar-refractivity contribution in [1.82, 2.24) is 5.32 Å². The second-order valence-corrected chi connectivity index (χ2v) is 10.2. The second kappa shape index (κ2) is 8.30. The van der Waals surface area contributed by atoms with Gasteiger partial charge in [-0.2, -0.15) is 0 Å². The number of sulfonamides is 1. The number of benzene rings is 2. The average Bonchev–Trinajstić information content (AvgIpc) is 3.35. The predicted octanol–water partition coefficient (Wildman–Crippen LogP) is 3.50. The summed E-state index contributed by atoms with van der Waals surface area (Å²) >= 11 is 0. The molecule has 0 aromatic heterocycles. The van der Waals surface area contributed by atoms with Crippen LogP contribution in [0.25, 0.3) is 0 Å². The highest BCUT2D eigenvalue weighted by atomic mass is 32.2. The molecule has 1 N–H and O–H groups in total. The Bertz CT molecular complexity index is 1000. The van der Waals surface area contributed by atoms with E-state index in [0.717, 1.165) is 18.4 Å². The molecule has 0 spiro atoms. The van der Waals surface area contributed by atoms with Crippen LogP contribution in [0.2, 0.25) is 0 Å². The van der Waals surface area contributed by atoms with Crippen molar-refractivity contribution in [3.8, 4) is 5.75 Å². The van der Waals surface area contributed by atoms with Crippen LogP contribution in [0.15, 0.2) is 53.4 Å². The van der Waals surface area contributed by atoms with E-state index in [1.54, 1.807) is 55.6 Å². The van der Waals surface area contributed by atoms with E-state index >= 15 is 0 Å². The average molecular weight is 429 g/mol. The van der Waals surface area contributed by atoms with Crippen molar-refractivity contribution in [2.75, 3.05) is 18.0 Å². The number of carbonyl (C=O) groups excluding carboxylic acids is 1. The minimum Gasteiger partial charge on any atom is -0.497 e. The zero-order valence-electron chi connectivity index (χ0n) is 17.4. The Morgan fingerprint density at radius 1 is 1.07 bits per heavy atom. The molecule has 0 aliphatic heterocycles. The van der Waals surface area contributed by atoms with Crippen molar-refractivity contribution in [3.05, 3.63) is 54.1 Å². The van der Waals surface area contributed by atoms with Crippen LogP contribution < -0.4 is 14.4 Å². The molecule has 2 aromatic carbocycles. The summed E-state index contributed by atoms with van der Waals surface area (Å²) in [5, 5.41) is 3.10. The van der Waals surface area contributed by atoms with Gasteiger partial charge < -0.3 is 10.1 Å². The maximum Gasteiger partial charge on any atom is 0.264 e. The highest BCUT2D eigenvalue weighted by molar-refractivity contribution is 7.92. The monoisotopic (exact) mass is 428 g/mol. The van der Waals surface area contributed by atoms with Gasteiger partial charge in [-0.15, -0.1) is 0 Å². The van der Waals surface area contributed by atoms with Gasteiger partial charge in [-0.3, -0.25) is 9.10 Å². The van der Waals surface area contributed by atoms with Crippen LogP contribution in [-0.4, -0.2) is 34.0 Å². The van der Waals surface area contributed by atoms with Crippen LogP contribution >= 0.6 is 0 Å². The van der Waals surface area contributed by atoms with Gasteiger partial charge in [-0.25, -0.2) is 8.42 Å². The van der Waals surface area contributed by atoms with Crippen LogP contribution in [0.4, 0.5) is 5.69 Å². The number of nitrogens with zero attached hydrogens (tertiary/aromatic N) is 1. The summed E-state index contributed by atoms with van der Waals surface area (Å²) < 4.78 is 33.2. The summed E-state index contributed by atoms with van der Waals surface area (Å²) in [4.78, 5) is 13.0. The Kier molecular flexibility index (Phi) is 5.73. The molecule has 0 radical (unpaired) electrons. The number of aryl methyl sites for hydroxylation is 1. The van der Waals surface area contributed by atoms with Crippen molar-refractivity contribution in [2.24, 2.45) is 11.8 Å². The zero-order valence-corrected chi connectivity index (χ0v) is 18.2. The second-order valence-electron chi connectivity index (χ2n) is 8.37. The fraction of sp³-hybridized carbons (Fsp3) is 0.435. The Morgan fingerprint density at radius 2 is 1.77 bits per heavy atom. The van der Waals surface area contributed by atoms with E-state index in [-0.39, 0.29) is 23.4 Å². The fourth-order valence-electron chi connectivity index (χ4n) is 4.71. The van der Waals surface area contributed by atoms with Gasteiger partial charge in [0.05, 0.1) is 17.7 Å². The molecule has 0 heterocycles. The first-order valence-corrected chi connectivity index (χ1v) is 11.8. The predicted molar refractivity (Wildman–Crippen MR) is 116 cm³/mol. The zero-order chi connectivity index (χ0) is 21.3. The van der Waals surface area contributed by atoms with Gasteiger partial charge in [0.2, 0.25) is 5.91 Å². The molecule has 0 saturated heterocycles. The normalized spacial score (nSPS) is 22.7. The highest BCUT2D eigenvalue weighted by Crippen LogP contribution is 2.44. The summed E-state index contributed by atoms with van der Waals surface area (Å²) in [6.07, 6.45) is 4.58. The molecular formula is C23H28N2O4S. The lowest BCUT2D eigenvalue weighted by molar-refractivity contribution is -0.120. The van der Waals surface area contributed by atoms with Crippen LogP contribution in [-0.2, 0) is 14.8 Å². The van der Waals surface area contributed by atoms with Crippen LogP contribution in [0.3, 0.4) is 0 Å². The van der Waals surface area contributed by atoms with Crippen molar-refractivity contribution in [2.45, 2.75) is 43.5 Å². The molecule has 2 aliphatic rings. The molecule has 1 amide bonds. The lowest BCUT2D eigenvalue weighted by Crippen LogP contribution is -2.45. The van der Waals surface area contributed by atoms with E-state index < -0.39 is 10.0 Å². The lowest BCUT2D eigenvalue weighted by atomic mass is 9.95. The molecule has 7 heteroatoms. The van der Waals surface area contributed by atoms with E-state index in [0.29, 0.717) is 23.3 Å². The van der Waals surface area contributed by atoms with Gasteiger partial charge in [0, 0.05) is 6.04 Å². The van der Waals surface area contributed by atoms with Crippen LogP contribution in [0.5, 0.6) is 5.75 Å². The third-order valence-corrected chi connectivity index (χ3v) is 8.13. The third kappa shape index (κ3) is 4.17. The fourth-order valence-corrected chi connectivity index (χ4v) is 6.13. The topological polar surface area (TPSA) is 75.7 Å². The summed E-state index contributed by atoms with van der Waals surface area (Å²) in [6, 6.07) is 13.6. The van der Waals surface area contributed by atoms with Gasteiger partial charge >= 0.3 is 0 Å². The Balaban J connectivity index is 1.59. The first kappa shape index (κ1) is 20.7. The number of carbonyl (C=O) groups is 1. The summed E-state index contributed by atoms with van der Waals surface area (Å²) in [6.45, 7) is 1.65. The SMILES string of the molecule is COc1ccc(N(CC(=O)N[C@@H]2C[C@H]3CC[C@@H]2C3)S(=O)(=O)c2ccc(C)cc2)cc1. The first-order chi connectivity index (χ1) is 14.4. The quantitative estimate of drug-likeness (QED) is 0.732. The van der Waals surface area contributed by atoms with E-state index in [1.165, 1.54) is 17.1 Å². The van der Waals surface area contributed by atoms with E-state index in [9.17, 15) is 13.2 Å². The van der Waals surface area contributed by atoms with Gasteiger partial charge in [0.15, 0.2) is 0 Å². The van der Waals surface area contributed by atoms with Crippen molar-refractivity contribution < 1.29 is 17.9 Å². The molecule has 0 unspecified atom stereocenters. The van der Waals surface area contributed by atoms with Gasteiger partial charge in [-0.1, -0.05) is 24.1 Å². The number of methoxy groups -OCH3 is 1. The van der Waals surface area contributed by atoms with Crippen molar-refractivity contribution in [3.63, 3.8) is 0 Å². The number of nitrogens with one attached hydrogen (secondary N) is 1. The summed E-state index contributed by atoms with van der Waals surface area (Å²) in [5.41, 5.74) is 1.40. The Morgan fingerprint density at radius 3 is 2.33 bits per heavy atom. The summed E-state index contributed by atoms with van der Waals surface area (Å²) in [7, 11) is -2.34. The summed E-state index contributed by atoms with van der Waals surface area (Å²) in [5.74, 6) is 1.59. The van der Waals surface area contributed by atoms with Gasteiger partial charge in [0.25, 0.3) is 10.0 Å². The molecule has 4 rings (SSSR count). The minimum atomic E-state index is -3.90. The number of anilines is 1. The maximum absolute atomic E-state index is 13.4. The largest absolute Gasteiger partial charge is 0.497 e.